The maximum absolute atomic E-state index is 8.47. The van der Waals surface area contributed by atoms with E-state index in [2.05, 4.69) is 21.6 Å². The van der Waals surface area contributed by atoms with Crippen molar-refractivity contribution in [3.8, 4) is 6.07 Å². The van der Waals surface area contributed by atoms with Gasteiger partial charge in [0.25, 0.3) is 0 Å². The summed E-state index contributed by atoms with van der Waals surface area (Å²) in [4.78, 5) is 0. The maximum atomic E-state index is 8.47. The van der Waals surface area contributed by atoms with E-state index in [-0.39, 0.29) is 0 Å². The van der Waals surface area contributed by atoms with Gasteiger partial charge in [0.15, 0.2) is 4.34 Å². The number of rotatable bonds is 5. The highest BCUT2D eigenvalue weighted by molar-refractivity contribution is 8.01. The van der Waals surface area contributed by atoms with E-state index >= 15 is 0 Å². The van der Waals surface area contributed by atoms with E-state index in [9.17, 15) is 0 Å². The molecule has 1 N–H and O–H groups in total. The van der Waals surface area contributed by atoms with Crippen molar-refractivity contribution >= 4 is 45.5 Å². The van der Waals surface area contributed by atoms with Crippen LogP contribution in [0.3, 0.4) is 0 Å². The summed E-state index contributed by atoms with van der Waals surface area (Å²) in [6.07, 6.45) is 0.514. The Bertz CT molecular complexity index is 606. The average Bonchev–Trinajstić information content (AvgIpc) is 2.82. The zero-order valence-electron chi connectivity index (χ0n) is 10.2. The third kappa shape index (κ3) is 4.10. The molecule has 2 aromatic rings. The molecule has 0 radical (unpaired) electrons. The van der Waals surface area contributed by atoms with Gasteiger partial charge in [-0.25, -0.2) is 0 Å². The fourth-order valence-corrected chi connectivity index (χ4v) is 3.16. The van der Waals surface area contributed by atoms with Crippen LogP contribution < -0.4 is 5.32 Å². The predicted octanol–water partition coefficient (Wildman–Crippen LogP) is 4.25. The highest BCUT2D eigenvalue weighted by atomic mass is 35.5. The first kappa shape index (κ1) is 14.1. The molecule has 1 aromatic heterocycles. The zero-order chi connectivity index (χ0) is 13.7. The number of halogens is 1. The number of aromatic nitrogens is 2. The van der Waals surface area contributed by atoms with Gasteiger partial charge in [0, 0.05) is 22.9 Å². The summed E-state index contributed by atoms with van der Waals surface area (Å²) in [6.45, 7) is 1.96. The Kier molecular flexibility index (Phi) is 5.02. The molecule has 19 heavy (non-hydrogen) atoms. The molecule has 0 fully saturated rings. The molecule has 0 amide bonds. The van der Waals surface area contributed by atoms with E-state index in [1.54, 1.807) is 0 Å². The highest BCUT2D eigenvalue weighted by Gasteiger charge is 2.05. The van der Waals surface area contributed by atoms with E-state index in [4.69, 9.17) is 16.9 Å². The molecule has 0 spiro atoms. The van der Waals surface area contributed by atoms with Gasteiger partial charge in [-0.1, -0.05) is 40.8 Å². The zero-order valence-corrected chi connectivity index (χ0v) is 12.6. The van der Waals surface area contributed by atoms with Crippen LogP contribution in [0.15, 0.2) is 22.5 Å². The highest BCUT2D eigenvalue weighted by Crippen LogP contribution is 2.29. The maximum Gasteiger partial charge on any atom is 0.210 e. The van der Waals surface area contributed by atoms with Gasteiger partial charge >= 0.3 is 0 Å². The van der Waals surface area contributed by atoms with Gasteiger partial charge in [-0.05, 0) is 24.6 Å². The van der Waals surface area contributed by atoms with E-state index in [0.29, 0.717) is 6.42 Å². The number of anilines is 2. The van der Waals surface area contributed by atoms with Crippen LogP contribution in [0, 0.1) is 18.3 Å². The Morgan fingerprint density at radius 3 is 3.05 bits per heavy atom. The molecule has 2 rings (SSSR count). The largest absolute Gasteiger partial charge is 0.330 e. The van der Waals surface area contributed by atoms with Crippen molar-refractivity contribution < 1.29 is 0 Å². The Labute approximate surface area is 124 Å². The second kappa shape index (κ2) is 6.75. The van der Waals surface area contributed by atoms with Crippen LogP contribution in [0.1, 0.15) is 12.0 Å². The average molecular weight is 311 g/mol. The van der Waals surface area contributed by atoms with E-state index in [1.165, 1.54) is 23.1 Å². The van der Waals surface area contributed by atoms with Crippen LogP contribution in [0.4, 0.5) is 10.8 Å². The minimum atomic E-state index is 0.514. The lowest BCUT2D eigenvalue weighted by Crippen LogP contribution is -1.89. The number of hydrogen-bond donors (Lipinski definition) is 1. The minimum Gasteiger partial charge on any atom is -0.330 e. The fraction of sp³-hybridized carbons (Fsp3) is 0.250. The van der Waals surface area contributed by atoms with Gasteiger partial charge in [0.2, 0.25) is 5.13 Å². The molecule has 0 bridgehead atoms. The van der Waals surface area contributed by atoms with Crippen molar-refractivity contribution in [2.75, 3.05) is 11.1 Å². The summed E-state index contributed by atoms with van der Waals surface area (Å²) in [5.74, 6) is 0.738. The van der Waals surface area contributed by atoms with Crippen molar-refractivity contribution in [2.45, 2.75) is 17.7 Å². The lowest BCUT2D eigenvalue weighted by atomic mass is 10.2. The Hall–Kier alpha value is -1.29. The molecule has 0 atom stereocenters. The topological polar surface area (TPSA) is 61.6 Å². The van der Waals surface area contributed by atoms with Crippen LogP contribution in [0.2, 0.25) is 5.02 Å². The minimum absolute atomic E-state index is 0.514. The first-order valence-electron chi connectivity index (χ1n) is 5.55. The number of nitriles is 1. The van der Waals surface area contributed by atoms with Gasteiger partial charge in [-0.15, -0.1) is 10.2 Å². The SMILES string of the molecule is Cc1ccc(Nc2nnc(SCCC#N)s2)cc1Cl. The van der Waals surface area contributed by atoms with Crippen LogP contribution in [-0.4, -0.2) is 16.0 Å². The first-order chi connectivity index (χ1) is 9.19. The second-order valence-corrected chi connectivity index (χ2v) is 6.45. The van der Waals surface area contributed by atoms with Crippen molar-refractivity contribution in [2.24, 2.45) is 0 Å². The van der Waals surface area contributed by atoms with Gasteiger partial charge in [0.05, 0.1) is 6.07 Å². The van der Waals surface area contributed by atoms with Crippen LogP contribution in [0.25, 0.3) is 0 Å². The first-order valence-corrected chi connectivity index (χ1v) is 7.73. The lowest BCUT2D eigenvalue weighted by molar-refractivity contribution is 1.01. The second-order valence-electron chi connectivity index (χ2n) is 3.72. The van der Waals surface area contributed by atoms with Crippen molar-refractivity contribution in [3.63, 3.8) is 0 Å². The molecule has 7 heteroatoms. The van der Waals surface area contributed by atoms with Gasteiger partial charge in [-0.3, -0.25) is 0 Å². The van der Waals surface area contributed by atoms with Gasteiger partial charge < -0.3 is 5.32 Å². The smallest absolute Gasteiger partial charge is 0.210 e. The number of nitrogens with one attached hydrogen (secondary N) is 1. The quantitative estimate of drug-likeness (QED) is 0.661. The molecule has 0 saturated carbocycles. The third-order valence-corrected chi connectivity index (χ3v) is 4.65. The molecule has 1 aromatic carbocycles. The number of hydrogen-bond acceptors (Lipinski definition) is 6. The van der Waals surface area contributed by atoms with Crippen molar-refractivity contribution in [1.29, 1.82) is 5.26 Å². The normalized spacial score (nSPS) is 10.2. The summed E-state index contributed by atoms with van der Waals surface area (Å²) < 4.78 is 0.857. The van der Waals surface area contributed by atoms with Crippen molar-refractivity contribution in [1.82, 2.24) is 10.2 Å². The summed E-state index contributed by atoms with van der Waals surface area (Å²) in [5, 5.41) is 21.2. The molecule has 0 unspecified atom stereocenters. The number of benzene rings is 1. The Morgan fingerprint density at radius 1 is 1.47 bits per heavy atom. The monoisotopic (exact) mass is 310 g/mol. The molecule has 0 saturated heterocycles. The molecular formula is C12H11ClN4S2. The Balaban J connectivity index is 1.99. The fourth-order valence-electron chi connectivity index (χ4n) is 1.30. The molecule has 98 valence electrons. The van der Waals surface area contributed by atoms with Gasteiger partial charge in [0.1, 0.15) is 0 Å². The molecule has 0 aliphatic heterocycles. The Morgan fingerprint density at radius 2 is 2.32 bits per heavy atom. The van der Waals surface area contributed by atoms with Crippen LogP contribution in [-0.2, 0) is 0 Å². The molecule has 4 nitrogen and oxygen atoms in total. The summed E-state index contributed by atoms with van der Waals surface area (Å²) in [7, 11) is 0. The van der Waals surface area contributed by atoms with Crippen LogP contribution in [0.5, 0.6) is 0 Å². The molecule has 1 heterocycles. The molecule has 0 aliphatic rings. The lowest BCUT2D eigenvalue weighted by Gasteiger charge is -2.03. The predicted molar refractivity (Wildman–Crippen MR) is 80.3 cm³/mol. The van der Waals surface area contributed by atoms with Crippen LogP contribution >= 0.6 is 34.7 Å². The van der Waals surface area contributed by atoms with E-state index < -0.39 is 0 Å². The summed E-state index contributed by atoms with van der Waals surface area (Å²) in [5.41, 5.74) is 1.93. The number of aryl methyl sites for hydroxylation is 1. The van der Waals surface area contributed by atoms with E-state index in [0.717, 1.165) is 31.5 Å². The number of thioether (sulfide) groups is 1. The number of nitrogens with zero attached hydrogens (tertiary/aromatic N) is 3. The summed E-state index contributed by atoms with van der Waals surface area (Å²) in [6, 6.07) is 7.87. The molecular weight excluding hydrogens is 300 g/mol. The molecule has 0 aliphatic carbocycles. The standard InChI is InChI=1S/C12H11ClN4S2/c1-8-3-4-9(7-10(8)13)15-11-16-17-12(19-11)18-6-2-5-14/h3-4,7H,2,6H2,1H3,(H,15,16). The van der Waals surface area contributed by atoms with Crippen molar-refractivity contribution in [3.05, 3.63) is 28.8 Å². The summed E-state index contributed by atoms with van der Waals surface area (Å²) >= 11 is 9.07. The third-order valence-electron chi connectivity index (χ3n) is 2.27. The van der Waals surface area contributed by atoms with E-state index in [1.807, 2.05) is 25.1 Å². The van der Waals surface area contributed by atoms with Gasteiger partial charge in [-0.2, -0.15) is 5.26 Å².